The molecule has 3 rings (SSSR count). The molecule has 1 amide bonds. The summed E-state index contributed by atoms with van der Waals surface area (Å²) in [5, 5.41) is 6.34. The Morgan fingerprint density at radius 1 is 1.20 bits per heavy atom. The first-order valence-electron chi connectivity index (χ1n) is 8.74. The fourth-order valence-electron chi connectivity index (χ4n) is 2.96. The maximum atomic E-state index is 11.9. The quantitative estimate of drug-likeness (QED) is 0.762. The third kappa shape index (κ3) is 6.93. The molecular formula is C18H27ClN2O2S2. The van der Waals surface area contributed by atoms with Crippen molar-refractivity contribution in [3.8, 4) is 5.75 Å². The second-order valence-corrected chi connectivity index (χ2v) is 9.03. The van der Waals surface area contributed by atoms with Crippen LogP contribution in [0.25, 0.3) is 0 Å². The van der Waals surface area contributed by atoms with Crippen LogP contribution < -0.4 is 15.4 Å². The summed E-state index contributed by atoms with van der Waals surface area (Å²) in [6.45, 7) is 2.93. The number of ether oxygens (including phenoxy) is 1. The van der Waals surface area contributed by atoms with Crippen LogP contribution in [-0.2, 0) is 4.79 Å². The highest BCUT2D eigenvalue weighted by atomic mass is 35.5. The van der Waals surface area contributed by atoms with Gasteiger partial charge in [0.25, 0.3) is 5.91 Å². The van der Waals surface area contributed by atoms with Crippen LogP contribution in [0.2, 0.25) is 0 Å². The van der Waals surface area contributed by atoms with Crippen molar-refractivity contribution in [1.29, 1.82) is 0 Å². The second-order valence-electron chi connectivity index (χ2n) is 6.30. The van der Waals surface area contributed by atoms with Crippen molar-refractivity contribution in [2.45, 2.75) is 23.8 Å². The summed E-state index contributed by atoms with van der Waals surface area (Å²) in [7, 11) is 0. The van der Waals surface area contributed by atoms with Gasteiger partial charge in [-0.15, -0.1) is 35.9 Å². The Labute approximate surface area is 165 Å². The molecule has 1 aromatic rings. The van der Waals surface area contributed by atoms with E-state index in [1.807, 2.05) is 35.7 Å². The summed E-state index contributed by atoms with van der Waals surface area (Å²) in [6.07, 6.45) is 3.69. The van der Waals surface area contributed by atoms with Crippen LogP contribution in [-0.4, -0.2) is 43.7 Å². The van der Waals surface area contributed by atoms with E-state index in [0.717, 1.165) is 25.4 Å². The molecule has 2 saturated heterocycles. The molecule has 2 aliphatic rings. The van der Waals surface area contributed by atoms with Crippen molar-refractivity contribution in [2.24, 2.45) is 5.92 Å². The molecule has 25 heavy (non-hydrogen) atoms. The molecule has 0 saturated carbocycles. The largest absolute Gasteiger partial charge is 0.484 e. The summed E-state index contributed by atoms with van der Waals surface area (Å²) < 4.78 is 6.15. The van der Waals surface area contributed by atoms with E-state index in [9.17, 15) is 4.79 Å². The number of carbonyl (C=O) groups is 1. The first-order chi connectivity index (χ1) is 11.8. The number of piperidine rings is 1. The number of thioether (sulfide) groups is 2. The third-order valence-electron chi connectivity index (χ3n) is 4.34. The molecule has 0 aromatic heterocycles. The molecule has 0 bridgehead atoms. The van der Waals surface area contributed by atoms with E-state index < -0.39 is 0 Å². The monoisotopic (exact) mass is 402 g/mol. The SMILES string of the molecule is Cl.O=C(COc1ccc(C2SCCCS2)cc1)NCC1CCCNC1. The van der Waals surface area contributed by atoms with Gasteiger partial charge in [0, 0.05) is 6.54 Å². The van der Waals surface area contributed by atoms with Gasteiger partial charge in [0.15, 0.2) is 6.61 Å². The van der Waals surface area contributed by atoms with Crippen LogP contribution in [0.15, 0.2) is 24.3 Å². The van der Waals surface area contributed by atoms with Crippen molar-refractivity contribution in [2.75, 3.05) is 37.7 Å². The van der Waals surface area contributed by atoms with Crippen molar-refractivity contribution in [3.63, 3.8) is 0 Å². The minimum atomic E-state index is -0.0389. The van der Waals surface area contributed by atoms with E-state index in [1.165, 1.54) is 36.3 Å². The highest BCUT2D eigenvalue weighted by molar-refractivity contribution is 8.16. The summed E-state index contributed by atoms with van der Waals surface area (Å²) >= 11 is 4.03. The van der Waals surface area contributed by atoms with Gasteiger partial charge in [-0.1, -0.05) is 12.1 Å². The number of hydrogen-bond acceptors (Lipinski definition) is 5. The second kappa shape index (κ2) is 11.2. The molecule has 0 radical (unpaired) electrons. The van der Waals surface area contributed by atoms with E-state index in [2.05, 4.69) is 22.8 Å². The van der Waals surface area contributed by atoms with Crippen LogP contribution in [0.4, 0.5) is 0 Å². The van der Waals surface area contributed by atoms with Gasteiger partial charge in [-0.25, -0.2) is 0 Å². The zero-order valence-electron chi connectivity index (χ0n) is 14.4. The fourth-order valence-corrected chi connectivity index (χ4v) is 5.85. The molecule has 0 aliphatic carbocycles. The van der Waals surface area contributed by atoms with Gasteiger partial charge in [-0.3, -0.25) is 4.79 Å². The van der Waals surface area contributed by atoms with Gasteiger partial charge < -0.3 is 15.4 Å². The van der Waals surface area contributed by atoms with Crippen LogP contribution in [0.3, 0.4) is 0 Å². The number of hydrogen-bond donors (Lipinski definition) is 2. The van der Waals surface area contributed by atoms with Crippen LogP contribution in [0.5, 0.6) is 5.75 Å². The highest BCUT2D eigenvalue weighted by Gasteiger charge is 2.17. The molecule has 2 fully saturated rings. The molecule has 0 spiro atoms. The predicted octanol–water partition coefficient (Wildman–Crippen LogP) is 3.47. The minimum Gasteiger partial charge on any atom is -0.484 e. The minimum absolute atomic E-state index is 0. The smallest absolute Gasteiger partial charge is 0.257 e. The maximum Gasteiger partial charge on any atom is 0.257 e. The van der Waals surface area contributed by atoms with Crippen LogP contribution in [0, 0.1) is 5.92 Å². The van der Waals surface area contributed by atoms with Crippen molar-refractivity contribution >= 4 is 41.8 Å². The highest BCUT2D eigenvalue weighted by Crippen LogP contribution is 2.43. The average Bonchev–Trinajstić information content (AvgIpc) is 2.67. The lowest BCUT2D eigenvalue weighted by molar-refractivity contribution is -0.123. The lowest BCUT2D eigenvalue weighted by Crippen LogP contribution is -2.39. The number of carbonyl (C=O) groups excluding carboxylic acids is 1. The summed E-state index contributed by atoms with van der Waals surface area (Å²) in [6, 6.07) is 8.20. The lowest BCUT2D eigenvalue weighted by atomic mass is 10.00. The molecule has 2 N–H and O–H groups in total. The van der Waals surface area contributed by atoms with E-state index >= 15 is 0 Å². The van der Waals surface area contributed by atoms with E-state index in [1.54, 1.807) is 0 Å². The zero-order valence-corrected chi connectivity index (χ0v) is 16.8. The van der Waals surface area contributed by atoms with E-state index in [0.29, 0.717) is 10.5 Å². The molecule has 1 unspecified atom stereocenters. The molecule has 1 aromatic carbocycles. The standard InChI is InChI=1S/C18H26N2O2S2.ClH/c21-17(20-12-14-3-1-8-19-11-14)13-22-16-6-4-15(5-7-16)18-23-9-2-10-24-18;/h4-7,14,18-19H,1-3,8-13H2,(H,20,21);1H. The van der Waals surface area contributed by atoms with Crippen molar-refractivity contribution in [3.05, 3.63) is 29.8 Å². The van der Waals surface area contributed by atoms with E-state index in [4.69, 9.17) is 4.74 Å². The number of amides is 1. The number of benzene rings is 1. The topological polar surface area (TPSA) is 50.4 Å². The van der Waals surface area contributed by atoms with Gasteiger partial charge in [0.05, 0.1) is 4.58 Å². The lowest BCUT2D eigenvalue weighted by Gasteiger charge is -2.23. The molecule has 1 atom stereocenters. The first kappa shape index (κ1) is 20.7. The zero-order chi connectivity index (χ0) is 16.6. The van der Waals surface area contributed by atoms with Gasteiger partial charge in [0.2, 0.25) is 0 Å². The average molecular weight is 403 g/mol. The number of rotatable bonds is 6. The van der Waals surface area contributed by atoms with E-state index in [-0.39, 0.29) is 24.9 Å². The normalized spacial score (nSPS) is 21.2. The molecule has 2 aliphatic heterocycles. The van der Waals surface area contributed by atoms with Gasteiger partial charge in [-0.2, -0.15) is 0 Å². The first-order valence-corrected chi connectivity index (χ1v) is 10.8. The predicted molar refractivity (Wildman–Crippen MR) is 110 cm³/mol. The van der Waals surface area contributed by atoms with Crippen LogP contribution >= 0.6 is 35.9 Å². The van der Waals surface area contributed by atoms with Crippen molar-refractivity contribution < 1.29 is 9.53 Å². The molecule has 2 heterocycles. The van der Waals surface area contributed by atoms with Gasteiger partial charge in [0.1, 0.15) is 5.75 Å². The Bertz CT molecular complexity index is 518. The fraction of sp³-hybridized carbons (Fsp3) is 0.611. The van der Waals surface area contributed by atoms with Crippen LogP contribution in [0.1, 0.15) is 29.4 Å². The Morgan fingerprint density at radius 2 is 1.96 bits per heavy atom. The van der Waals surface area contributed by atoms with Gasteiger partial charge in [-0.05, 0) is 67.5 Å². The number of halogens is 1. The summed E-state index contributed by atoms with van der Waals surface area (Å²) in [5.74, 6) is 3.76. The Hall–Kier alpha value is -0.560. The molecular weight excluding hydrogens is 376 g/mol. The Morgan fingerprint density at radius 3 is 2.64 bits per heavy atom. The Kier molecular flexibility index (Phi) is 9.31. The third-order valence-corrected chi connectivity index (χ3v) is 7.35. The number of nitrogens with one attached hydrogen (secondary N) is 2. The van der Waals surface area contributed by atoms with Crippen molar-refractivity contribution in [1.82, 2.24) is 10.6 Å². The van der Waals surface area contributed by atoms with Gasteiger partial charge >= 0.3 is 0 Å². The summed E-state index contributed by atoms with van der Waals surface area (Å²) in [4.78, 5) is 11.9. The molecule has 4 nitrogen and oxygen atoms in total. The maximum absolute atomic E-state index is 11.9. The Balaban J connectivity index is 0.00000225. The molecule has 7 heteroatoms. The summed E-state index contributed by atoms with van der Waals surface area (Å²) in [5.41, 5.74) is 1.34. The molecule has 140 valence electrons.